The molecule has 1 heterocycles. The molecule has 5 nitrogen and oxygen atoms in total. The van der Waals surface area contributed by atoms with E-state index in [0.717, 1.165) is 0 Å². The molecule has 1 aliphatic heterocycles. The molecule has 0 spiro atoms. The van der Waals surface area contributed by atoms with Crippen LogP contribution in [0.25, 0.3) is 0 Å². The lowest BCUT2D eigenvalue weighted by molar-refractivity contribution is -0.126. The molecule has 0 bridgehead atoms. The molecule has 0 saturated carbocycles. The van der Waals surface area contributed by atoms with Gasteiger partial charge in [-0.05, 0) is 27.2 Å². The largest absolute Gasteiger partial charge is 0.444 e. The van der Waals surface area contributed by atoms with Crippen LogP contribution >= 0.6 is 0 Å². The summed E-state index contributed by atoms with van der Waals surface area (Å²) >= 11 is 0. The minimum Gasteiger partial charge on any atom is -0.444 e. The first kappa shape index (κ1) is 14.5. The third kappa shape index (κ3) is 4.36. The van der Waals surface area contributed by atoms with E-state index in [-0.39, 0.29) is 17.8 Å². The number of carbonyl (C=O) groups excluding carboxylic acids is 2. The molecule has 0 N–H and O–H groups in total. The van der Waals surface area contributed by atoms with Gasteiger partial charge in [-0.25, -0.2) is 4.79 Å². The maximum absolute atomic E-state index is 11.9. The number of rotatable bonds is 2. The van der Waals surface area contributed by atoms with Gasteiger partial charge >= 0.3 is 6.09 Å². The number of carbonyl (C=O) groups is 2. The van der Waals surface area contributed by atoms with Crippen molar-refractivity contribution in [1.29, 1.82) is 5.26 Å². The molecule has 0 unspecified atom stereocenters. The molecule has 1 aliphatic rings. The number of Topliss-reactive ketones (excluding diaryl/α,β-unsaturated/α-hetero) is 1. The summed E-state index contributed by atoms with van der Waals surface area (Å²) in [5.74, 6) is -0.0732. The van der Waals surface area contributed by atoms with E-state index < -0.39 is 5.60 Å². The molecule has 100 valence electrons. The average molecular weight is 252 g/mol. The van der Waals surface area contributed by atoms with Crippen LogP contribution < -0.4 is 0 Å². The second-order valence-electron chi connectivity index (χ2n) is 5.54. The van der Waals surface area contributed by atoms with Crippen molar-refractivity contribution >= 4 is 11.9 Å². The fraction of sp³-hybridized carbons (Fsp3) is 0.769. The molecular weight excluding hydrogens is 232 g/mol. The zero-order valence-corrected chi connectivity index (χ0v) is 11.2. The first-order valence-electron chi connectivity index (χ1n) is 6.21. The zero-order valence-electron chi connectivity index (χ0n) is 11.2. The first-order valence-corrected chi connectivity index (χ1v) is 6.21. The summed E-state index contributed by atoms with van der Waals surface area (Å²) in [5, 5.41) is 8.54. The summed E-state index contributed by atoms with van der Waals surface area (Å²) < 4.78 is 5.28. The van der Waals surface area contributed by atoms with E-state index in [1.54, 1.807) is 4.90 Å². The van der Waals surface area contributed by atoms with Crippen molar-refractivity contribution in [3.8, 4) is 6.07 Å². The number of ether oxygens (including phenoxy) is 1. The summed E-state index contributed by atoms with van der Waals surface area (Å²) in [6, 6.07) is 2.03. The fourth-order valence-electron chi connectivity index (χ4n) is 1.89. The highest BCUT2D eigenvalue weighted by atomic mass is 16.6. The predicted molar refractivity (Wildman–Crippen MR) is 65.8 cm³/mol. The fourth-order valence-corrected chi connectivity index (χ4v) is 1.89. The van der Waals surface area contributed by atoms with E-state index in [4.69, 9.17) is 10.00 Å². The number of nitriles is 1. The summed E-state index contributed by atoms with van der Waals surface area (Å²) in [4.78, 5) is 25.1. The Hall–Kier alpha value is -1.57. The number of piperidine rings is 1. The lowest BCUT2D eigenvalue weighted by atomic mass is 9.92. The molecule has 1 amide bonds. The van der Waals surface area contributed by atoms with Gasteiger partial charge in [0.2, 0.25) is 0 Å². The second-order valence-corrected chi connectivity index (χ2v) is 5.54. The highest BCUT2D eigenvalue weighted by molar-refractivity contribution is 5.84. The zero-order chi connectivity index (χ0) is 13.8. The summed E-state index contributed by atoms with van der Waals surface area (Å²) in [6.07, 6.45) is 0.847. The van der Waals surface area contributed by atoms with Crippen molar-refractivity contribution in [3.63, 3.8) is 0 Å². The van der Waals surface area contributed by atoms with Crippen LogP contribution in [-0.2, 0) is 9.53 Å². The average Bonchev–Trinajstić information content (AvgIpc) is 2.25. The Labute approximate surface area is 108 Å². The van der Waals surface area contributed by atoms with E-state index in [1.807, 2.05) is 26.8 Å². The Balaban J connectivity index is 2.56. The van der Waals surface area contributed by atoms with E-state index in [9.17, 15) is 9.59 Å². The highest BCUT2D eigenvalue weighted by Gasteiger charge is 2.31. The van der Waals surface area contributed by atoms with Crippen molar-refractivity contribution < 1.29 is 14.3 Å². The van der Waals surface area contributed by atoms with Gasteiger partial charge in [-0.3, -0.25) is 4.79 Å². The smallest absolute Gasteiger partial charge is 0.410 e. The molecule has 18 heavy (non-hydrogen) atoms. The van der Waals surface area contributed by atoms with Crippen molar-refractivity contribution in [2.75, 3.05) is 13.1 Å². The van der Waals surface area contributed by atoms with E-state index in [1.165, 1.54) is 0 Å². The Kier molecular flexibility index (Phi) is 4.71. The summed E-state index contributed by atoms with van der Waals surface area (Å²) in [6.45, 7) is 6.22. The van der Waals surface area contributed by atoms with Crippen LogP contribution in [0.4, 0.5) is 4.79 Å². The van der Waals surface area contributed by atoms with E-state index in [2.05, 4.69) is 0 Å². The predicted octanol–water partition coefficient (Wildman–Crippen LogP) is 2.12. The van der Waals surface area contributed by atoms with Gasteiger partial charge in [0, 0.05) is 31.8 Å². The molecule has 0 aromatic rings. The SMILES string of the molecule is CC(C)(C)OC(=O)N1CCC(=O)[C@@H](CCC#N)C1. The number of ketones is 1. The first-order chi connectivity index (χ1) is 8.33. The van der Waals surface area contributed by atoms with Crippen molar-refractivity contribution in [2.24, 2.45) is 5.92 Å². The third-order valence-electron chi connectivity index (χ3n) is 2.78. The molecule has 0 aromatic heterocycles. The van der Waals surface area contributed by atoms with Crippen LogP contribution in [0.2, 0.25) is 0 Å². The molecule has 0 radical (unpaired) electrons. The van der Waals surface area contributed by atoms with Gasteiger partial charge in [0.05, 0.1) is 6.07 Å². The Morgan fingerprint density at radius 3 is 2.78 bits per heavy atom. The lowest BCUT2D eigenvalue weighted by Gasteiger charge is -2.33. The minimum absolute atomic E-state index is 0.144. The molecule has 0 aromatic carbocycles. The number of hydrogen-bond acceptors (Lipinski definition) is 4. The monoisotopic (exact) mass is 252 g/mol. The quantitative estimate of drug-likeness (QED) is 0.754. The van der Waals surface area contributed by atoms with E-state index >= 15 is 0 Å². The Bertz CT molecular complexity index is 365. The topological polar surface area (TPSA) is 70.4 Å². The van der Waals surface area contributed by atoms with Crippen molar-refractivity contribution in [2.45, 2.75) is 45.6 Å². The number of amides is 1. The second kappa shape index (κ2) is 5.85. The normalized spacial score (nSPS) is 20.4. The van der Waals surface area contributed by atoms with E-state index in [0.29, 0.717) is 32.4 Å². The molecule has 1 atom stereocenters. The Morgan fingerprint density at radius 2 is 2.22 bits per heavy atom. The summed E-state index contributed by atoms with van der Waals surface area (Å²) in [5.41, 5.74) is -0.527. The minimum atomic E-state index is -0.527. The number of hydrogen-bond donors (Lipinski definition) is 0. The van der Waals surface area contributed by atoms with Gasteiger partial charge in [0.1, 0.15) is 11.4 Å². The van der Waals surface area contributed by atoms with Gasteiger partial charge < -0.3 is 9.64 Å². The van der Waals surface area contributed by atoms with Crippen molar-refractivity contribution in [3.05, 3.63) is 0 Å². The third-order valence-corrected chi connectivity index (χ3v) is 2.78. The van der Waals surface area contributed by atoms with Gasteiger partial charge in [0.25, 0.3) is 0 Å². The molecule has 0 aliphatic carbocycles. The van der Waals surface area contributed by atoms with Crippen LogP contribution in [0.3, 0.4) is 0 Å². The maximum atomic E-state index is 11.9. The van der Waals surface area contributed by atoms with Crippen LogP contribution in [0.1, 0.15) is 40.0 Å². The van der Waals surface area contributed by atoms with Crippen LogP contribution in [0, 0.1) is 17.2 Å². The van der Waals surface area contributed by atoms with Crippen LogP contribution in [-0.4, -0.2) is 35.5 Å². The van der Waals surface area contributed by atoms with Gasteiger partial charge in [0.15, 0.2) is 0 Å². The van der Waals surface area contributed by atoms with Gasteiger partial charge in [-0.1, -0.05) is 0 Å². The number of likely N-dealkylation sites (tertiary alicyclic amines) is 1. The molecule has 1 saturated heterocycles. The molecule has 5 heteroatoms. The summed E-state index contributed by atoms with van der Waals surface area (Å²) in [7, 11) is 0. The van der Waals surface area contributed by atoms with Crippen LogP contribution in [0.15, 0.2) is 0 Å². The number of nitrogens with zero attached hydrogens (tertiary/aromatic N) is 2. The van der Waals surface area contributed by atoms with Crippen molar-refractivity contribution in [1.82, 2.24) is 4.90 Å². The molecular formula is C13H20N2O3. The Morgan fingerprint density at radius 1 is 1.56 bits per heavy atom. The van der Waals surface area contributed by atoms with Gasteiger partial charge in [-0.2, -0.15) is 5.26 Å². The lowest BCUT2D eigenvalue weighted by Crippen LogP contribution is -2.46. The van der Waals surface area contributed by atoms with Crippen LogP contribution in [0.5, 0.6) is 0 Å². The molecule has 1 rings (SSSR count). The maximum Gasteiger partial charge on any atom is 0.410 e. The molecule has 1 fully saturated rings. The van der Waals surface area contributed by atoms with Gasteiger partial charge in [-0.15, -0.1) is 0 Å². The standard InChI is InChI=1S/C13H20N2O3/c1-13(2,3)18-12(17)15-8-6-11(16)10(9-15)5-4-7-14/h10H,4-6,8-9H2,1-3H3/t10-/m0/s1. The highest BCUT2D eigenvalue weighted by Crippen LogP contribution is 2.20.